The van der Waals surface area contributed by atoms with Gasteiger partial charge in [-0.3, -0.25) is 14.4 Å². The van der Waals surface area contributed by atoms with Gasteiger partial charge in [-0.15, -0.1) is 0 Å². The number of carbonyl (C=O) groups excluding carboxylic acids is 3. The molecule has 0 unspecified atom stereocenters. The molecular weight excluding hydrogens is 308 g/mol. The van der Waals surface area contributed by atoms with Crippen molar-refractivity contribution in [2.75, 3.05) is 0 Å². The van der Waals surface area contributed by atoms with E-state index in [2.05, 4.69) is 0 Å². The second-order valence-electron chi connectivity index (χ2n) is 6.36. The average Bonchev–Trinajstić information content (AvgIpc) is 2.52. The molecule has 1 aromatic carbocycles. The monoisotopic (exact) mass is 332 g/mol. The number of benzene rings is 1. The number of aliphatic hydroxyl groups is 1. The fourth-order valence-electron chi connectivity index (χ4n) is 3.02. The maximum absolute atomic E-state index is 12.6. The molecule has 0 saturated heterocycles. The minimum atomic E-state index is -1.05. The number of hydrogen-bond donors (Lipinski definition) is 1. The van der Waals surface area contributed by atoms with E-state index in [1.807, 2.05) is 18.2 Å². The Morgan fingerprint density at radius 3 is 2.62 bits per heavy atom. The van der Waals surface area contributed by atoms with Crippen molar-refractivity contribution in [2.24, 2.45) is 0 Å². The summed E-state index contributed by atoms with van der Waals surface area (Å²) < 4.78 is 5.44. The predicted octanol–water partition coefficient (Wildman–Crippen LogP) is 2.69. The van der Waals surface area contributed by atoms with E-state index >= 15 is 0 Å². The molecule has 5 nitrogen and oxygen atoms in total. The van der Waals surface area contributed by atoms with Crippen molar-refractivity contribution >= 4 is 17.5 Å². The molecule has 0 radical (unpaired) electrons. The number of aryl methyl sites for hydroxylation is 1. The van der Waals surface area contributed by atoms with Crippen LogP contribution in [0.3, 0.4) is 0 Å². The summed E-state index contributed by atoms with van der Waals surface area (Å²) in [5.41, 5.74) is 1.68. The molecule has 1 aliphatic rings. The van der Waals surface area contributed by atoms with Crippen LogP contribution in [0.25, 0.3) is 0 Å². The third-order valence-electron chi connectivity index (χ3n) is 4.17. The van der Waals surface area contributed by atoms with Crippen LogP contribution >= 0.6 is 0 Å². The second kappa shape index (κ2) is 8.73. The Morgan fingerprint density at radius 1 is 1.17 bits per heavy atom. The molecule has 0 saturated carbocycles. The van der Waals surface area contributed by atoms with Crippen LogP contribution in [-0.4, -0.2) is 28.7 Å². The predicted molar refractivity (Wildman–Crippen MR) is 88.4 cm³/mol. The highest BCUT2D eigenvalue weighted by Gasteiger charge is 2.29. The zero-order valence-electron chi connectivity index (χ0n) is 14.0. The van der Waals surface area contributed by atoms with Gasteiger partial charge in [0, 0.05) is 24.8 Å². The Hall–Kier alpha value is -2.01. The number of carbonyl (C=O) groups is 3. The maximum Gasteiger partial charge on any atom is 0.306 e. The van der Waals surface area contributed by atoms with Gasteiger partial charge < -0.3 is 9.84 Å². The summed E-state index contributed by atoms with van der Waals surface area (Å²) in [6.45, 7) is 1.37. The highest BCUT2D eigenvalue weighted by molar-refractivity contribution is 5.88. The first kappa shape index (κ1) is 18.3. The van der Waals surface area contributed by atoms with Gasteiger partial charge in [0.1, 0.15) is 5.78 Å². The minimum Gasteiger partial charge on any atom is -0.449 e. The summed E-state index contributed by atoms with van der Waals surface area (Å²) in [4.78, 5) is 35.7. The van der Waals surface area contributed by atoms with Crippen LogP contribution < -0.4 is 0 Å². The second-order valence-corrected chi connectivity index (χ2v) is 6.36. The Labute approximate surface area is 142 Å². The van der Waals surface area contributed by atoms with Crippen molar-refractivity contribution in [1.82, 2.24) is 0 Å². The van der Waals surface area contributed by atoms with E-state index in [0.717, 1.165) is 31.2 Å². The third-order valence-corrected chi connectivity index (χ3v) is 4.17. The zero-order chi connectivity index (χ0) is 17.5. The molecule has 0 aliphatic carbocycles. The highest BCUT2D eigenvalue weighted by Crippen LogP contribution is 2.28. The molecule has 0 fully saturated rings. The molecule has 0 amide bonds. The molecule has 2 atom stereocenters. The molecule has 0 spiro atoms. The van der Waals surface area contributed by atoms with E-state index < -0.39 is 18.2 Å². The molecule has 1 N–H and O–H groups in total. The van der Waals surface area contributed by atoms with Crippen molar-refractivity contribution in [3.63, 3.8) is 0 Å². The van der Waals surface area contributed by atoms with Gasteiger partial charge in [0.2, 0.25) is 0 Å². The van der Waals surface area contributed by atoms with Crippen molar-refractivity contribution < 1.29 is 24.2 Å². The van der Waals surface area contributed by atoms with Crippen LogP contribution in [-0.2, 0) is 25.5 Å². The molecule has 0 aromatic heterocycles. The van der Waals surface area contributed by atoms with Crippen LogP contribution in [0.1, 0.15) is 62.7 Å². The molecule has 5 heteroatoms. The molecule has 1 aromatic rings. The number of esters is 1. The molecule has 130 valence electrons. The summed E-state index contributed by atoms with van der Waals surface area (Å²) in [6.07, 6.45) is 1.44. The third kappa shape index (κ3) is 5.27. The Bertz CT molecular complexity index is 608. The average molecular weight is 332 g/mol. The quantitative estimate of drug-likeness (QED) is 0.839. The van der Waals surface area contributed by atoms with Crippen molar-refractivity contribution in [3.8, 4) is 0 Å². The van der Waals surface area contributed by atoms with Gasteiger partial charge in [0.05, 0.1) is 6.10 Å². The van der Waals surface area contributed by atoms with Crippen molar-refractivity contribution in [1.29, 1.82) is 0 Å². The number of hydrogen-bond acceptors (Lipinski definition) is 5. The van der Waals surface area contributed by atoms with E-state index in [1.165, 1.54) is 6.92 Å². The largest absolute Gasteiger partial charge is 0.449 e. The molecule has 0 bridgehead atoms. The first-order chi connectivity index (χ1) is 11.5. The van der Waals surface area contributed by atoms with Crippen molar-refractivity contribution in [3.05, 3.63) is 35.4 Å². The van der Waals surface area contributed by atoms with E-state index in [0.29, 0.717) is 12.0 Å². The lowest BCUT2D eigenvalue weighted by Crippen LogP contribution is -2.26. The highest BCUT2D eigenvalue weighted by atomic mass is 16.5. The lowest BCUT2D eigenvalue weighted by Gasteiger charge is -2.22. The number of fused-ring (bicyclic) bond motifs is 1. The Balaban J connectivity index is 2.24. The fourth-order valence-corrected chi connectivity index (χ4v) is 3.02. The van der Waals surface area contributed by atoms with Crippen LogP contribution in [0.15, 0.2) is 24.3 Å². The van der Waals surface area contributed by atoms with Crippen LogP contribution in [0, 0.1) is 0 Å². The van der Waals surface area contributed by atoms with E-state index in [-0.39, 0.29) is 24.4 Å². The van der Waals surface area contributed by atoms with E-state index in [9.17, 15) is 19.5 Å². The Morgan fingerprint density at radius 2 is 1.88 bits per heavy atom. The minimum absolute atomic E-state index is 0.0753. The molecular formula is C19H24O5. The Kier molecular flexibility index (Phi) is 6.67. The fraction of sp³-hybridized carbons (Fsp3) is 0.526. The normalized spacial score (nSPS) is 19.8. The van der Waals surface area contributed by atoms with Gasteiger partial charge in [-0.2, -0.15) is 0 Å². The van der Waals surface area contributed by atoms with Gasteiger partial charge in [-0.05, 0) is 31.7 Å². The van der Waals surface area contributed by atoms with Gasteiger partial charge in [0.15, 0.2) is 11.9 Å². The van der Waals surface area contributed by atoms with Crippen LogP contribution in [0.4, 0.5) is 0 Å². The summed E-state index contributed by atoms with van der Waals surface area (Å²) in [7, 11) is 0. The molecule has 2 rings (SSSR count). The van der Waals surface area contributed by atoms with Gasteiger partial charge >= 0.3 is 5.97 Å². The van der Waals surface area contributed by atoms with E-state index in [4.69, 9.17) is 4.74 Å². The topological polar surface area (TPSA) is 80.7 Å². The number of ether oxygens (including phenoxy) is 1. The number of Topliss-reactive ketones (excluding diaryl/α,β-unsaturated/α-hetero) is 2. The number of rotatable bonds is 5. The molecule has 1 heterocycles. The summed E-state index contributed by atoms with van der Waals surface area (Å²) in [5.74, 6) is -0.949. The standard InChI is InChI=1S/C19H24O5/c1-13(20)11-15(21)12-17(22)19-16-9-6-5-8-14(16)7-3-2-4-10-18(23)24-19/h5-6,8-9,15,19,21H,2-4,7,10-12H2,1H3/t15-,19-/m0/s1. The number of aliphatic hydroxyl groups excluding tert-OH is 1. The SMILES string of the molecule is CC(=O)C[C@H](O)CC(=O)[C@H]1OC(=O)CCCCCc2ccccc21. The van der Waals surface area contributed by atoms with Gasteiger partial charge in [-0.25, -0.2) is 0 Å². The van der Waals surface area contributed by atoms with Gasteiger partial charge in [-0.1, -0.05) is 30.7 Å². The van der Waals surface area contributed by atoms with Gasteiger partial charge in [0.25, 0.3) is 0 Å². The number of ketones is 2. The molecule has 1 aliphatic heterocycles. The molecule has 24 heavy (non-hydrogen) atoms. The van der Waals surface area contributed by atoms with Crippen molar-refractivity contribution in [2.45, 2.75) is 64.1 Å². The van der Waals surface area contributed by atoms with Crippen LogP contribution in [0.5, 0.6) is 0 Å². The lowest BCUT2D eigenvalue weighted by molar-refractivity contribution is -0.156. The lowest BCUT2D eigenvalue weighted by atomic mass is 9.92. The van der Waals surface area contributed by atoms with Crippen LogP contribution in [0.2, 0.25) is 0 Å². The summed E-state index contributed by atoms with van der Waals surface area (Å²) in [6, 6.07) is 7.45. The van der Waals surface area contributed by atoms with E-state index in [1.54, 1.807) is 6.07 Å². The first-order valence-electron chi connectivity index (χ1n) is 8.45. The smallest absolute Gasteiger partial charge is 0.306 e. The first-order valence-corrected chi connectivity index (χ1v) is 8.45. The maximum atomic E-state index is 12.6. The summed E-state index contributed by atoms with van der Waals surface area (Å²) >= 11 is 0. The zero-order valence-corrected chi connectivity index (χ0v) is 14.0. The summed E-state index contributed by atoms with van der Waals surface area (Å²) in [5, 5.41) is 9.88. The number of cyclic esters (lactones) is 1.